The molecule has 0 aliphatic heterocycles. The summed E-state index contributed by atoms with van der Waals surface area (Å²) in [6.07, 6.45) is 0. The molecular weight excluding hydrogens is 352 g/mol. The van der Waals surface area contributed by atoms with Gasteiger partial charge in [0.05, 0.1) is 14.2 Å². The maximum absolute atomic E-state index is 10.9. The Labute approximate surface area is 144 Å². The third-order valence-electron chi connectivity index (χ3n) is 2.62. The summed E-state index contributed by atoms with van der Waals surface area (Å²) in [5.41, 5.74) is 0.380. The number of aromatic hydroxyl groups is 2. The Morgan fingerprint density at radius 3 is 1.30 bits per heavy atom. The molecule has 0 heterocycles. The van der Waals surface area contributed by atoms with Crippen molar-refractivity contribution in [2.24, 2.45) is 0 Å². The molecule has 0 aliphatic rings. The van der Waals surface area contributed by atoms with Crippen molar-refractivity contribution in [3.63, 3.8) is 0 Å². The fourth-order valence-electron chi connectivity index (χ4n) is 1.51. The fraction of sp³-hybridized carbons (Fsp3) is 0.125. The Hall–Kier alpha value is -2.50. The van der Waals surface area contributed by atoms with E-state index >= 15 is 0 Å². The first-order chi connectivity index (χ1) is 10.5. The normalized spacial score (nSPS) is 8.78. The molecule has 23 heavy (non-hydrogen) atoms. The molecule has 2 aromatic rings. The predicted octanol–water partition coefficient (Wildman–Crippen LogP) is 2.36. The number of carbonyl (C=O) groups excluding carboxylic acids is 2. The maximum atomic E-state index is 10.9. The van der Waals surface area contributed by atoms with Crippen LogP contribution in [-0.2, 0) is 26.5 Å². The maximum Gasteiger partial charge on any atom is 2.00 e. The van der Waals surface area contributed by atoms with Crippen molar-refractivity contribution in [1.82, 2.24) is 0 Å². The zero-order chi connectivity index (χ0) is 16.5. The molecular formula is C16H16CuO6+2. The van der Waals surface area contributed by atoms with E-state index in [1.165, 1.54) is 38.5 Å². The molecule has 0 saturated carbocycles. The Morgan fingerprint density at radius 2 is 1.04 bits per heavy atom. The molecule has 125 valence electrons. The van der Waals surface area contributed by atoms with E-state index in [2.05, 4.69) is 9.47 Å². The third-order valence-corrected chi connectivity index (χ3v) is 2.62. The van der Waals surface area contributed by atoms with E-state index in [1.807, 2.05) is 0 Å². The summed E-state index contributed by atoms with van der Waals surface area (Å²) in [6.45, 7) is 0. The second-order valence-corrected chi connectivity index (χ2v) is 4.02. The summed E-state index contributed by atoms with van der Waals surface area (Å²) < 4.78 is 8.84. The smallest absolute Gasteiger partial charge is 0.507 e. The van der Waals surface area contributed by atoms with Crippen LogP contribution in [0.3, 0.4) is 0 Å². The third kappa shape index (κ3) is 6.02. The second-order valence-electron chi connectivity index (χ2n) is 4.02. The summed E-state index contributed by atoms with van der Waals surface area (Å²) >= 11 is 0. The van der Waals surface area contributed by atoms with Crippen LogP contribution in [0, 0.1) is 0 Å². The predicted molar refractivity (Wildman–Crippen MR) is 78.9 cm³/mol. The Kier molecular flexibility index (Phi) is 9.15. The first-order valence-electron chi connectivity index (χ1n) is 6.23. The van der Waals surface area contributed by atoms with Gasteiger partial charge >= 0.3 is 29.0 Å². The standard InChI is InChI=1S/2C8H8O3.Cu/c2*1-11-8(10)6-4-2-3-5-7(6)9;/h2*2-5,9H,1H3;/q;;+2. The van der Waals surface area contributed by atoms with Gasteiger partial charge < -0.3 is 19.7 Å². The van der Waals surface area contributed by atoms with Crippen molar-refractivity contribution in [2.45, 2.75) is 0 Å². The fourth-order valence-corrected chi connectivity index (χ4v) is 1.51. The van der Waals surface area contributed by atoms with E-state index in [4.69, 9.17) is 10.2 Å². The molecule has 0 fully saturated rings. The van der Waals surface area contributed by atoms with Gasteiger partial charge in [0.2, 0.25) is 0 Å². The minimum Gasteiger partial charge on any atom is -0.507 e. The van der Waals surface area contributed by atoms with Crippen molar-refractivity contribution in [2.75, 3.05) is 14.2 Å². The molecule has 0 atom stereocenters. The number of para-hydroxylation sites is 2. The van der Waals surface area contributed by atoms with Crippen LogP contribution in [-0.4, -0.2) is 36.4 Å². The van der Waals surface area contributed by atoms with Crippen molar-refractivity contribution in [1.29, 1.82) is 0 Å². The van der Waals surface area contributed by atoms with Crippen molar-refractivity contribution in [3.8, 4) is 11.5 Å². The van der Waals surface area contributed by atoms with Gasteiger partial charge in [-0.25, -0.2) is 9.59 Å². The number of hydrogen-bond donors (Lipinski definition) is 2. The number of esters is 2. The molecule has 0 aliphatic carbocycles. The topological polar surface area (TPSA) is 93.1 Å². The van der Waals surface area contributed by atoms with Gasteiger partial charge in [0, 0.05) is 0 Å². The average molecular weight is 368 g/mol. The van der Waals surface area contributed by atoms with Crippen LogP contribution in [0.4, 0.5) is 0 Å². The van der Waals surface area contributed by atoms with Gasteiger partial charge in [-0.05, 0) is 24.3 Å². The van der Waals surface area contributed by atoms with E-state index in [0.717, 1.165) is 0 Å². The van der Waals surface area contributed by atoms with Crippen molar-refractivity contribution in [3.05, 3.63) is 59.7 Å². The quantitative estimate of drug-likeness (QED) is 0.625. The summed E-state index contributed by atoms with van der Waals surface area (Å²) in [7, 11) is 2.55. The Balaban J connectivity index is 0.000000403. The molecule has 0 aromatic heterocycles. The number of rotatable bonds is 2. The molecule has 0 amide bonds. The van der Waals surface area contributed by atoms with Gasteiger partial charge in [-0.3, -0.25) is 0 Å². The monoisotopic (exact) mass is 367 g/mol. The van der Waals surface area contributed by atoms with Crippen molar-refractivity contribution < 1.29 is 46.3 Å². The van der Waals surface area contributed by atoms with E-state index in [9.17, 15) is 9.59 Å². The van der Waals surface area contributed by atoms with Crippen molar-refractivity contribution >= 4 is 11.9 Å². The number of ether oxygens (including phenoxy) is 2. The molecule has 1 radical (unpaired) electrons. The van der Waals surface area contributed by atoms with Crippen LogP contribution >= 0.6 is 0 Å². The molecule has 7 heteroatoms. The van der Waals surface area contributed by atoms with Crippen LogP contribution < -0.4 is 0 Å². The van der Waals surface area contributed by atoms with Gasteiger partial charge in [0.1, 0.15) is 22.6 Å². The summed E-state index contributed by atoms with van der Waals surface area (Å²) in [4.78, 5) is 21.7. The Morgan fingerprint density at radius 1 is 0.739 bits per heavy atom. The number of phenols is 2. The van der Waals surface area contributed by atoms with Crippen LogP contribution in [0.1, 0.15) is 20.7 Å². The number of benzene rings is 2. The van der Waals surface area contributed by atoms with Gasteiger partial charge in [0.15, 0.2) is 0 Å². The average Bonchev–Trinajstić information content (AvgIpc) is 2.55. The van der Waals surface area contributed by atoms with Crippen LogP contribution in [0.5, 0.6) is 11.5 Å². The Bertz CT molecular complexity index is 599. The second kappa shape index (κ2) is 10.3. The zero-order valence-electron chi connectivity index (χ0n) is 12.4. The van der Waals surface area contributed by atoms with Crippen LogP contribution in [0.2, 0.25) is 0 Å². The molecule has 2 aromatic carbocycles. The minimum atomic E-state index is -0.525. The molecule has 0 saturated heterocycles. The number of methoxy groups -OCH3 is 2. The largest absolute Gasteiger partial charge is 2.00 e. The van der Waals surface area contributed by atoms with Crippen LogP contribution in [0.15, 0.2) is 48.5 Å². The zero-order valence-corrected chi connectivity index (χ0v) is 13.4. The number of hydrogen-bond acceptors (Lipinski definition) is 6. The minimum absolute atomic E-state index is 0. The first-order valence-corrected chi connectivity index (χ1v) is 6.23. The molecule has 0 unspecified atom stereocenters. The van der Waals surface area contributed by atoms with E-state index in [1.54, 1.807) is 24.3 Å². The molecule has 2 rings (SSSR count). The van der Waals surface area contributed by atoms with E-state index in [0.29, 0.717) is 0 Å². The van der Waals surface area contributed by atoms with E-state index in [-0.39, 0.29) is 39.7 Å². The van der Waals surface area contributed by atoms with E-state index < -0.39 is 11.9 Å². The van der Waals surface area contributed by atoms with Gasteiger partial charge in [0.25, 0.3) is 0 Å². The van der Waals surface area contributed by atoms with Crippen LogP contribution in [0.25, 0.3) is 0 Å². The SMILES string of the molecule is COC(=O)c1ccccc1O.COC(=O)c1ccccc1O.[Cu+2]. The summed E-state index contributed by atoms with van der Waals surface area (Å²) in [6, 6.07) is 12.5. The molecule has 0 spiro atoms. The molecule has 2 N–H and O–H groups in total. The number of phenolic OH excluding ortho intramolecular Hbond substituents is 2. The first kappa shape index (κ1) is 20.5. The molecule has 6 nitrogen and oxygen atoms in total. The summed E-state index contributed by atoms with van der Waals surface area (Å²) in [5, 5.41) is 18.2. The molecule has 0 bridgehead atoms. The van der Waals surface area contributed by atoms with Gasteiger partial charge in [-0.15, -0.1) is 0 Å². The summed E-state index contributed by atoms with van der Waals surface area (Å²) in [5.74, 6) is -1.16. The number of carbonyl (C=O) groups is 2. The van der Waals surface area contributed by atoms with Gasteiger partial charge in [-0.1, -0.05) is 24.3 Å². The van der Waals surface area contributed by atoms with Gasteiger partial charge in [-0.2, -0.15) is 0 Å².